The number of amides is 1. The number of piperazine rings is 1. The number of nitrogens with zero attached hydrogens (tertiary/aromatic N) is 2. The van der Waals surface area contributed by atoms with Crippen molar-refractivity contribution in [3.05, 3.63) is 34.2 Å². The first kappa shape index (κ1) is 14.8. The predicted octanol–water partition coefficient (Wildman–Crippen LogP) is 2.16. The second-order valence-electron chi connectivity index (χ2n) is 5.35. The van der Waals surface area contributed by atoms with Crippen LogP contribution in [0.4, 0.5) is 0 Å². The van der Waals surface area contributed by atoms with Gasteiger partial charge in [-0.25, -0.2) is 0 Å². The first-order valence-electron chi connectivity index (χ1n) is 7.02. The number of rotatable bonds is 4. The molecule has 1 amide bonds. The fourth-order valence-electron chi connectivity index (χ4n) is 2.70. The van der Waals surface area contributed by atoms with E-state index in [-0.39, 0.29) is 5.91 Å². The van der Waals surface area contributed by atoms with Crippen molar-refractivity contribution in [2.75, 3.05) is 32.7 Å². The Morgan fingerprint density at radius 2 is 1.86 bits per heavy atom. The van der Waals surface area contributed by atoms with Crippen molar-refractivity contribution in [1.82, 2.24) is 9.80 Å². The molecule has 1 fully saturated rings. The van der Waals surface area contributed by atoms with Crippen molar-refractivity contribution in [3.63, 3.8) is 0 Å². The number of benzene rings is 1. The quantitative estimate of drug-likeness (QED) is 0.938. The molecule has 6 heteroatoms. The number of thiophene rings is 1. The lowest BCUT2D eigenvalue weighted by Crippen LogP contribution is -2.48. The van der Waals surface area contributed by atoms with Gasteiger partial charge in [-0.3, -0.25) is 14.6 Å². The van der Waals surface area contributed by atoms with E-state index in [1.165, 1.54) is 9.58 Å². The van der Waals surface area contributed by atoms with Crippen LogP contribution in [0.1, 0.15) is 4.88 Å². The van der Waals surface area contributed by atoms with Crippen LogP contribution in [0, 0.1) is 0 Å². The highest BCUT2D eigenvalue weighted by molar-refractivity contribution is 7.19. The zero-order valence-electron chi connectivity index (χ0n) is 11.7. The Balaban J connectivity index is 1.64. The van der Waals surface area contributed by atoms with Crippen LogP contribution in [0.3, 0.4) is 0 Å². The molecule has 0 atom stereocenters. The Bertz CT molecular complexity index is 649. The van der Waals surface area contributed by atoms with E-state index in [1.807, 2.05) is 12.1 Å². The van der Waals surface area contributed by atoms with Crippen LogP contribution in [-0.4, -0.2) is 48.4 Å². The van der Waals surface area contributed by atoms with Crippen LogP contribution >= 0.6 is 22.9 Å². The standard InChI is InChI=1S/C15H18ClN3OS/c16-15-11-3-1-2-4-12(11)21-13(15)9-18-5-7-19(8-6-18)10-14(17)20/h1-4H,5-10H2,(H2,17,20). The predicted molar refractivity (Wildman–Crippen MR) is 87.7 cm³/mol. The lowest BCUT2D eigenvalue weighted by Gasteiger charge is -2.33. The van der Waals surface area contributed by atoms with Gasteiger partial charge >= 0.3 is 0 Å². The molecule has 1 aliphatic rings. The van der Waals surface area contributed by atoms with Gasteiger partial charge in [0.25, 0.3) is 0 Å². The normalized spacial score (nSPS) is 17.4. The summed E-state index contributed by atoms with van der Waals surface area (Å²) < 4.78 is 1.24. The molecule has 112 valence electrons. The maximum absolute atomic E-state index is 10.9. The molecular formula is C15H18ClN3OS. The molecule has 2 N–H and O–H groups in total. The number of nitrogens with two attached hydrogens (primary N) is 1. The molecule has 4 nitrogen and oxygen atoms in total. The highest BCUT2D eigenvalue weighted by Gasteiger charge is 2.20. The summed E-state index contributed by atoms with van der Waals surface area (Å²) in [6.45, 7) is 4.88. The Labute approximate surface area is 133 Å². The summed E-state index contributed by atoms with van der Waals surface area (Å²) in [5.41, 5.74) is 5.23. The van der Waals surface area contributed by atoms with Gasteiger partial charge in [-0.05, 0) is 6.07 Å². The van der Waals surface area contributed by atoms with E-state index < -0.39 is 0 Å². The van der Waals surface area contributed by atoms with Gasteiger partial charge in [-0.1, -0.05) is 29.8 Å². The van der Waals surface area contributed by atoms with Crippen molar-refractivity contribution in [3.8, 4) is 0 Å². The van der Waals surface area contributed by atoms with Crippen LogP contribution < -0.4 is 5.73 Å². The van der Waals surface area contributed by atoms with E-state index in [0.29, 0.717) is 6.54 Å². The van der Waals surface area contributed by atoms with E-state index in [2.05, 4.69) is 21.9 Å². The average molecular weight is 324 g/mol. The Morgan fingerprint density at radius 1 is 1.19 bits per heavy atom. The zero-order valence-corrected chi connectivity index (χ0v) is 13.3. The minimum atomic E-state index is -0.254. The highest BCUT2D eigenvalue weighted by Crippen LogP contribution is 2.35. The summed E-state index contributed by atoms with van der Waals surface area (Å²) in [7, 11) is 0. The van der Waals surface area contributed by atoms with E-state index in [0.717, 1.165) is 43.1 Å². The topological polar surface area (TPSA) is 49.6 Å². The van der Waals surface area contributed by atoms with E-state index >= 15 is 0 Å². The molecule has 3 rings (SSSR count). The third-order valence-corrected chi connectivity index (χ3v) is 5.51. The minimum Gasteiger partial charge on any atom is -0.369 e. The molecule has 0 bridgehead atoms. The van der Waals surface area contributed by atoms with Crippen molar-refractivity contribution >= 4 is 38.9 Å². The highest BCUT2D eigenvalue weighted by atomic mass is 35.5. The van der Waals surface area contributed by atoms with Crippen molar-refractivity contribution < 1.29 is 4.79 Å². The molecule has 0 aliphatic carbocycles. The average Bonchev–Trinajstić information content (AvgIpc) is 2.78. The van der Waals surface area contributed by atoms with Gasteiger partial charge in [-0.15, -0.1) is 11.3 Å². The fraction of sp³-hybridized carbons (Fsp3) is 0.400. The number of hydrogen-bond donors (Lipinski definition) is 1. The summed E-state index contributed by atoms with van der Waals surface area (Å²) in [6, 6.07) is 8.25. The van der Waals surface area contributed by atoms with E-state index in [9.17, 15) is 4.79 Å². The van der Waals surface area contributed by atoms with Gasteiger partial charge in [0, 0.05) is 47.7 Å². The fourth-order valence-corrected chi connectivity index (χ4v) is 4.23. The maximum atomic E-state index is 10.9. The lowest BCUT2D eigenvalue weighted by atomic mass is 10.2. The number of primary amides is 1. The van der Waals surface area contributed by atoms with Crippen LogP contribution in [0.2, 0.25) is 5.02 Å². The van der Waals surface area contributed by atoms with Crippen molar-refractivity contribution in [2.45, 2.75) is 6.54 Å². The van der Waals surface area contributed by atoms with Crippen LogP contribution in [0.15, 0.2) is 24.3 Å². The third kappa shape index (κ3) is 3.37. The SMILES string of the molecule is NC(=O)CN1CCN(Cc2sc3ccccc3c2Cl)CC1. The molecule has 1 saturated heterocycles. The molecule has 1 aromatic heterocycles. The minimum absolute atomic E-state index is 0.254. The number of carbonyl (C=O) groups excluding carboxylic acids is 1. The van der Waals surface area contributed by atoms with Gasteiger partial charge < -0.3 is 5.73 Å². The number of hydrogen-bond acceptors (Lipinski definition) is 4. The Morgan fingerprint density at radius 3 is 2.52 bits per heavy atom. The molecule has 1 aliphatic heterocycles. The van der Waals surface area contributed by atoms with Gasteiger partial charge in [0.15, 0.2) is 0 Å². The van der Waals surface area contributed by atoms with Crippen LogP contribution in [0.25, 0.3) is 10.1 Å². The summed E-state index contributed by atoms with van der Waals surface area (Å²) in [5.74, 6) is -0.254. The smallest absolute Gasteiger partial charge is 0.231 e. The lowest BCUT2D eigenvalue weighted by molar-refractivity contribution is -0.119. The Kier molecular flexibility index (Phi) is 4.45. The van der Waals surface area contributed by atoms with Gasteiger partial charge in [-0.2, -0.15) is 0 Å². The first-order valence-corrected chi connectivity index (χ1v) is 8.22. The van der Waals surface area contributed by atoms with Gasteiger partial charge in [0.1, 0.15) is 0 Å². The Hall–Kier alpha value is -1.14. The van der Waals surface area contributed by atoms with Gasteiger partial charge in [0.05, 0.1) is 11.6 Å². The molecule has 0 saturated carbocycles. The van der Waals surface area contributed by atoms with E-state index in [1.54, 1.807) is 11.3 Å². The first-order chi connectivity index (χ1) is 10.1. The molecule has 21 heavy (non-hydrogen) atoms. The molecular weight excluding hydrogens is 306 g/mol. The largest absolute Gasteiger partial charge is 0.369 e. The number of carbonyl (C=O) groups is 1. The summed E-state index contributed by atoms with van der Waals surface area (Å²) >= 11 is 8.25. The third-order valence-electron chi connectivity index (χ3n) is 3.81. The van der Waals surface area contributed by atoms with Crippen LogP contribution in [0.5, 0.6) is 0 Å². The van der Waals surface area contributed by atoms with Crippen molar-refractivity contribution in [2.24, 2.45) is 5.73 Å². The monoisotopic (exact) mass is 323 g/mol. The van der Waals surface area contributed by atoms with Gasteiger partial charge in [0.2, 0.25) is 5.91 Å². The molecule has 0 unspecified atom stereocenters. The summed E-state index contributed by atoms with van der Waals surface area (Å²) in [6.07, 6.45) is 0. The number of halogens is 1. The zero-order chi connectivity index (χ0) is 14.8. The van der Waals surface area contributed by atoms with Crippen molar-refractivity contribution in [1.29, 1.82) is 0 Å². The second-order valence-corrected chi connectivity index (χ2v) is 6.87. The summed E-state index contributed by atoms with van der Waals surface area (Å²) in [4.78, 5) is 16.6. The number of fused-ring (bicyclic) bond motifs is 1. The molecule has 0 spiro atoms. The summed E-state index contributed by atoms with van der Waals surface area (Å²) in [5, 5.41) is 2.03. The molecule has 2 aromatic rings. The molecule has 2 heterocycles. The maximum Gasteiger partial charge on any atom is 0.231 e. The molecule has 1 aromatic carbocycles. The van der Waals surface area contributed by atoms with Crippen LogP contribution in [-0.2, 0) is 11.3 Å². The van der Waals surface area contributed by atoms with E-state index in [4.69, 9.17) is 17.3 Å². The molecule has 0 radical (unpaired) electrons. The second kappa shape index (κ2) is 6.32.